The van der Waals surface area contributed by atoms with Gasteiger partial charge in [-0.25, -0.2) is 4.79 Å². The van der Waals surface area contributed by atoms with Gasteiger partial charge in [-0.05, 0) is 42.2 Å². The first-order valence-electron chi connectivity index (χ1n) is 8.13. The van der Waals surface area contributed by atoms with Crippen molar-refractivity contribution < 1.29 is 14.3 Å². The number of carbonyl (C=O) groups is 1. The minimum atomic E-state index is -0.978. The highest BCUT2D eigenvalue weighted by molar-refractivity contribution is 7.99. The summed E-state index contributed by atoms with van der Waals surface area (Å²) >= 11 is 1.67. The van der Waals surface area contributed by atoms with Crippen LogP contribution in [0.2, 0.25) is 0 Å². The van der Waals surface area contributed by atoms with Crippen LogP contribution in [0.15, 0.2) is 51.7 Å². The van der Waals surface area contributed by atoms with Crippen molar-refractivity contribution in [3.8, 4) is 11.3 Å². The molecule has 130 valence electrons. The van der Waals surface area contributed by atoms with Crippen molar-refractivity contribution in [1.82, 2.24) is 0 Å². The zero-order valence-electron chi connectivity index (χ0n) is 13.8. The lowest BCUT2D eigenvalue weighted by Crippen LogP contribution is -2.32. The van der Waals surface area contributed by atoms with Gasteiger partial charge in [0.25, 0.3) is 0 Å². The SMILES string of the molecule is CCSCC[C@H](Nc1c2oc3ccccc3cc-2ccc1=O)C(=O)O. The molecule has 0 radical (unpaired) electrons. The van der Waals surface area contributed by atoms with Gasteiger partial charge in [0, 0.05) is 10.9 Å². The van der Waals surface area contributed by atoms with Crippen molar-refractivity contribution in [3.63, 3.8) is 0 Å². The van der Waals surface area contributed by atoms with Crippen molar-refractivity contribution >= 4 is 34.4 Å². The maximum Gasteiger partial charge on any atom is 0.326 e. The number of anilines is 1. The summed E-state index contributed by atoms with van der Waals surface area (Å²) in [7, 11) is 0. The van der Waals surface area contributed by atoms with E-state index in [1.165, 1.54) is 6.07 Å². The third-order valence-electron chi connectivity index (χ3n) is 3.96. The number of rotatable bonds is 7. The maximum absolute atomic E-state index is 12.3. The summed E-state index contributed by atoms with van der Waals surface area (Å²) in [5, 5.41) is 13.3. The summed E-state index contributed by atoms with van der Waals surface area (Å²) in [6.07, 6.45) is 0.428. The Labute approximate surface area is 149 Å². The number of thioether (sulfide) groups is 1. The smallest absolute Gasteiger partial charge is 0.326 e. The predicted octanol–water partition coefficient (Wildman–Crippen LogP) is 3.91. The van der Waals surface area contributed by atoms with Crippen LogP contribution in [-0.4, -0.2) is 28.6 Å². The lowest BCUT2D eigenvalue weighted by molar-refractivity contribution is -0.137. The molecule has 6 heteroatoms. The topological polar surface area (TPSA) is 79.5 Å². The monoisotopic (exact) mass is 357 g/mol. The first-order chi connectivity index (χ1) is 12.1. The van der Waals surface area contributed by atoms with Crippen molar-refractivity contribution in [2.45, 2.75) is 19.4 Å². The standard InChI is InChI=1S/C19H19NO4S/c1-2-25-10-9-14(19(22)23)20-17-15(21)8-7-13-11-12-5-3-4-6-16(12)24-18(13)17/h3-8,11,14,20H,2,9-10H2,1H3,(H,22,23)/t14-/m0/s1. The zero-order chi connectivity index (χ0) is 17.8. The van der Waals surface area contributed by atoms with Gasteiger partial charge in [0.05, 0.1) is 0 Å². The summed E-state index contributed by atoms with van der Waals surface area (Å²) in [5.41, 5.74) is 1.34. The van der Waals surface area contributed by atoms with Crippen molar-refractivity contribution in [2.75, 3.05) is 16.8 Å². The molecule has 5 nitrogen and oxygen atoms in total. The molecule has 25 heavy (non-hydrogen) atoms. The van der Waals surface area contributed by atoms with Gasteiger partial charge < -0.3 is 14.8 Å². The van der Waals surface area contributed by atoms with Crippen LogP contribution in [0.5, 0.6) is 0 Å². The van der Waals surface area contributed by atoms with Gasteiger partial charge in [-0.1, -0.05) is 25.1 Å². The molecule has 0 saturated heterocycles. The van der Waals surface area contributed by atoms with E-state index in [0.29, 0.717) is 23.5 Å². The Kier molecular flexibility index (Phi) is 5.28. The third-order valence-corrected chi connectivity index (χ3v) is 4.90. The largest absolute Gasteiger partial charge is 0.480 e. The highest BCUT2D eigenvalue weighted by atomic mass is 32.2. The van der Waals surface area contributed by atoms with Crippen LogP contribution >= 0.6 is 11.8 Å². The Morgan fingerprint density at radius 1 is 1.28 bits per heavy atom. The molecule has 3 rings (SSSR count). The quantitative estimate of drug-likeness (QED) is 0.493. The van der Waals surface area contributed by atoms with E-state index in [9.17, 15) is 14.7 Å². The molecule has 0 amide bonds. The van der Waals surface area contributed by atoms with Gasteiger partial charge in [0.1, 0.15) is 17.3 Å². The molecule has 2 aliphatic rings. The van der Waals surface area contributed by atoms with Gasteiger partial charge in [0.2, 0.25) is 5.43 Å². The molecule has 1 aromatic rings. The van der Waals surface area contributed by atoms with Gasteiger partial charge in [-0.2, -0.15) is 11.8 Å². The van der Waals surface area contributed by atoms with Crippen LogP contribution in [0.4, 0.5) is 5.69 Å². The van der Waals surface area contributed by atoms with Crippen molar-refractivity contribution in [2.24, 2.45) is 0 Å². The van der Waals surface area contributed by atoms with E-state index in [1.807, 2.05) is 37.3 Å². The minimum Gasteiger partial charge on any atom is -0.480 e. The number of aliphatic carboxylic acids is 1. The Hall–Kier alpha value is -2.47. The summed E-state index contributed by atoms with van der Waals surface area (Å²) < 4.78 is 5.90. The van der Waals surface area contributed by atoms with Crippen LogP contribution in [0.3, 0.4) is 0 Å². The number of fused-ring (bicyclic) bond motifs is 2. The molecule has 2 N–H and O–H groups in total. The summed E-state index contributed by atoms with van der Waals surface area (Å²) in [6.45, 7) is 2.03. The fourth-order valence-electron chi connectivity index (χ4n) is 2.69. The zero-order valence-corrected chi connectivity index (χ0v) is 14.6. The van der Waals surface area contributed by atoms with E-state index in [2.05, 4.69) is 5.32 Å². The lowest BCUT2D eigenvalue weighted by Gasteiger charge is -2.18. The van der Waals surface area contributed by atoms with Gasteiger partial charge in [0.15, 0.2) is 5.76 Å². The Morgan fingerprint density at radius 3 is 2.84 bits per heavy atom. The Balaban J connectivity index is 2.02. The molecule has 1 atom stereocenters. The molecule has 0 unspecified atom stereocenters. The molecular weight excluding hydrogens is 338 g/mol. The van der Waals surface area contributed by atoms with Gasteiger partial charge in [-0.15, -0.1) is 0 Å². The van der Waals surface area contributed by atoms with E-state index in [0.717, 1.165) is 16.7 Å². The second kappa shape index (κ2) is 7.61. The van der Waals surface area contributed by atoms with Crippen LogP contribution in [0.25, 0.3) is 22.3 Å². The Bertz CT molecular complexity index is 921. The average Bonchev–Trinajstić information content (AvgIpc) is 2.61. The molecule has 0 bridgehead atoms. The third kappa shape index (κ3) is 3.79. The first-order valence-corrected chi connectivity index (χ1v) is 9.28. The summed E-state index contributed by atoms with van der Waals surface area (Å²) in [6, 6.07) is 11.8. The number of para-hydroxylation sites is 1. The molecular formula is C19H19NO4S. The molecule has 0 spiro atoms. The maximum atomic E-state index is 12.3. The number of hydrogen-bond donors (Lipinski definition) is 2. The van der Waals surface area contributed by atoms with Crippen LogP contribution < -0.4 is 10.7 Å². The fourth-order valence-corrected chi connectivity index (χ4v) is 3.38. The highest BCUT2D eigenvalue weighted by Crippen LogP contribution is 2.32. The van der Waals surface area contributed by atoms with Gasteiger partial charge in [-0.3, -0.25) is 4.79 Å². The average molecular weight is 357 g/mol. The molecule has 0 saturated carbocycles. The van der Waals surface area contributed by atoms with Crippen molar-refractivity contribution in [1.29, 1.82) is 0 Å². The molecule has 1 aromatic carbocycles. The van der Waals surface area contributed by atoms with Crippen LogP contribution in [0.1, 0.15) is 13.3 Å². The second-order valence-electron chi connectivity index (χ2n) is 5.66. The number of carboxylic acid groups (broad SMARTS) is 1. The highest BCUT2D eigenvalue weighted by Gasteiger charge is 2.22. The van der Waals surface area contributed by atoms with E-state index >= 15 is 0 Å². The number of nitrogens with one attached hydrogen (secondary N) is 1. The second-order valence-corrected chi connectivity index (χ2v) is 7.06. The van der Waals surface area contributed by atoms with Crippen LogP contribution in [-0.2, 0) is 4.79 Å². The van der Waals surface area contributed by atoms with Crippen LogP contribution in [0, 0.1) is 0 Å². The normalized spacial score (nSPS) is 12.4. The van der Waals surface area contributed by atoms with E-state index in [-0.39, 0.29) is 11.1 Å². The van der Waals surface area contributed by atoms with Gasteiger partial charge >= 0.3 is 5.97 Å². The number of carboxylic acids is 1. The molecule has 1 aliphatic heterocycles. The summed E-state index contributed by atoms with van der Waals surface area (Å²) in [5.74, 6) is 1.04. The minimum absolute atomic E-state index is 0.206. The number of benzene rings is 2. The lowest BCUT2D eigenvalue weighted by atomic mass is 10.1. The molecule has 0 aromatic heterocycles. The van der Waals surface area contributed by atoms with E-state index in [4.69, 9.17) is 4.42 Å². The summed E-state index contributed by atoms with van der Waals surface area (Å²) in [4.78, 5) is 23.9. The Morgan fingerprint density at radius 2 is 2.08 bits per heavy atom. The fraction of sp³-hybridized carbons (Fsp3) is 0.263. The molecule has 1 heterocycles. The van der Waals surface area contributed by atoms with Crippen molar-refractivity contribution in [3.05, 3.63) is 52.7 Å². The van der Waals surface area contributed by atoms with E-state index in [1.54, 1.807) is 17.8 Å². The molecule has 0 fully saturated rings. The first kappa shape index (κ1) is 17.4. The predicted molar refractivity (Wildman–Crippen MR) is 102 cm³/mol. The van der Waals surface area contributed by atoms with E-state index < -0.39 is 12.0 Å². The molecule has 1 aliphatic carbocycles. The number of hydrogen-bond acceptors (Lipinski definition) is 5.